The fourth-order valence-corrected chi connectivity index (χ4v) is 4.09. The third kappa shape index (κ3) is 2.95. The zero-order chi connectivity index (χ0) is 20.0. The molecule has 0 bridgehead atoms. The Morgan fingerprint density at radius 2 is 1.68 bits per heavy atom. The number of carbonyl (C=O) groups is 3. The first-order chi connectivity index (χ1) is 13.4. The van der Waals surface area contributed by atoms with Crippen LogP contribution in [0.15, 0.2) is 36.4 Å². The molecule has 2 aliphatic heterocycles. The van der Waals surface area contributed by atoms with Crippen molar-refractivity contribution in [1.29, 1.82) is 0 Å². The maximum atomic E-state index is 13.0. The number of hydrogen-bond donors (Lipinski definition) is 1. The Morgan fingerprint density at radius 3 is 2.39 bits per heavy atom. The second kappa shape index (κ2) is 6.78. The largest absolute Gasteiger partial charge is 0.373 e. The van der Waals surface area contributed by atoms with Crippen molar-refractivity contribution < 1.29 is 14.4 Å². The van der Waals surface area contributed by atoms with Gasteiger partial charge in [0.15, 0.2) is 0 Å². The molecule has 1 unspecified atom stereocenters. The molecule has 1 atom stereocenters. The second-order valence-electron chi connectivity index (χ2n) is 7.51. The van der Waals surface area contributed by atoms with Crippen LogP contribution in [0.2, 0.25) is 0 Å². The van der Waals surface area contributed by atoms with Crippen molar-refractivity contribution in [3.8, 4) is 0 Å². The molecule has 4 rings (SSSR count). The van der Waals surface area contributed by atoms with Gasteiger partial charge in [-0.1, -0.05) is 18.2 Å². The Hall–Kier alpha value is -3.15. The summed E-state index contributed by atoms with van der Waals surface area (Å²) in [5, 5.41) is 3.22. The molecule has 6 heteroatoms. The molecular formula is C22H23N3O3. The highest BCUT2D eigenvalue weighted by Crippen LogP contribution is 2.32. The molecule has 0 aromatic heterocycles. The average molecular weight is 377 g/mol. The molecular weight excluding hydrogens is 354 g/mol. The molecule has 28 heavy (non-hydrogen) atoms. The van der Waals surface area contributed by atoms with Crippen LogP contribution in [-0.2, 0) is 20.8 Å². The topological polar surface area (TPSA) is 69.7 Å². The van der Waals surface area contributed by atoms with Crippen molar-refractivity contribution in [3.05, 3.63) is 53.1 Å². The van der Waals surface area contributed by atoms with Gasteiger partial charge in [0.2, 0.25) is 11.8 Å². The lowest BCUT2D eigenvalue weighted by molar-refractivity contribution is -0.121. The minimum Gasteiger partial charge on any atom is -0.373 e. The molecule has 0 spiro atoms. The first-order valence-corrected chi connectivity index (χ1v) is 9.46. The number of aryl methyl sites for hydroxylation is 3. The van der Waals surface area contributed by atoms with Gasteiger partial charge in [0.1, 0.15) is 6.04 Å². The monoisotopic (exact) mass is 377 g/mol. The van der Waals surface area contributed by atoms with Gasteiger partial charge in [0.05, 0.1) is 12.1 Å². The molecule has 1 N–H and O–H groups in total. The number of nitrogens with one attached hydrogen (secondary N) is 1. The number of amides is 3. The molecule has 2 aromatic rings. The number of rotatable bonds is 3. The van der Waals surface area contributed by atoms with Gasteiger partial charge in [0.25, 0.3) is 5.91 Å². The predicted octanol–water partition coefficient (Wildman–Crippen LogP) is 2.96. The van der Waals surface area contributed by atoms with Crippen LogP contribution in [0.25, 0.3) is 0 Å². The summed E-state index contributed by atoms with van der Waals surface area (Å²) in [7, 11) is 1.77. The number of anilines is 3. The van der Waals surface area contributed by atoms with Gasteiger partial charge >= 0.3 is 0 Å². The number of para-hydroxylation sites is 1. The molecule has 2 heterocycles. The summed E-state index contributed by atoms with van der Waals surface area (Å²) in [5.41, 5.74) is 5.25. The fourth-order valence-electron chi connectivity index (χ4n) is 4.09. The van der Waals surface area contributed by atoms with Crippen LogP contribution in [0.4, 0.5) is 17.1 Å². The number of carbonyl (C=O) groups excluding carboxylic acids is 3. The molecule has 2 aromatic carbocycles. The van der Waals surface area contributed by atoms with Crippen LogP contribution in [-0.4, -0.2) is 30.8 Å². The van der Waals surface area contributed by atoms with Gasteiger partial charge in [-0.2, -0.15) is 0 Å². The maximum Gasteiger partial charge on any atom is 0.256 e. The molecule has 1 fully saturated rings. The Balaban J connectivity index is 1.58. The highest BCUT2D eigenvalue weighted by molar-refractivity contribution is 6.23. The lowest BCUT2D eigenvalue weighted by Crippen LogP contribution is -2.35. The summed E-state index contributed by atoms with van der Waals surface area (Å²) in [6.07, 6.45) is 1.29. The Kier molecular flexibility index (Phi) is 4.41. The standard InChI is InChI=1S/C22H23N3O3/c1-13-5-4-6-14(2)21(13)25-20(27)12-17(22(25)28)23-16-8-9-18-15(11-16)7-10-19(26)24(18)3/h4-6,8-9,11,17,23H,7,10,12H2,1-3H3. The van der Waals surface area contributed by atoms with E-state index in [-0.39, 0.29) is 24.1 Å². The quantitative estimate of drug-likeness (QED) is 0.835. The minimum absolute atomic E-state index is 0.106. The molecule has 0 saturated carbocycles. The average Bonchev–Trinajstić information content (AvgIpc) is 2.92. The molecule has 3 amide bonds. The van der Waals surface area contributed by atoms with E-state index in [0.29, 0.717) is 18.5 Å². The van der Waals surface area contributed by atoms with Gasteiger partial charge in [-0.25, -0.2) is 4.90 Å². The van der Waals surface area contributed by atoms with Crippen LogP contribution in [0, 0.1) is 13.8 Å². The van der Waals surface area contributed by atoms with E-state index in [4.69, 9.17) is 0 Å². The van der Waals surface area contributed by atoms with Crippen molar-refractivity contribution in [2.75, 3.05) is 22.2 Å². The van der Waals surface area contributed by atoms with Crippen LogP contribution in [0.1, 0.15) is 29.5 Å². The number of benzene rings is 2. The van der Waals surface area contributed by atoms with Crippen LogP contribution < -0.4 is 15.1 Å². The molecule has 6 nitrogen and oxygen atoms in total. The van der Waals surface area contributed by atoms with Crippen molar-refractivity contribution in [3.63, 3.8) is 0 Å². The van der Waals surface area contributed by atoms with E-state index in [1.807, 2.05) is 50.2 Å². The summed E-state index contributed by atoms with van der Waals surface area (Å²) < 4.78 is 0. The van der Waals surface area contributed by atoms with E-state index in [2.05, 4.69) is 5.32 Å². The van der Waals surface area contributed by atoms with Gasteiger partial charge in [0, 0.05) is 24.8 Å². The van der Waals surface area contributed by atoms with Gasteiger partial charge in [-0.05, 0) is 55.2 Å². The number of fused-ring (bicyclic) bond motifs is 1. The second-order valence-corrected chi connectivity index (χ2v) is 7.51. The number of hydrogen-bond acceptors (Lipinski definition) is 4. The van der Waals surface area contributed by atoms with Crippen molar-refractivity contribution >= 4 is 34.8 Å². The van der Waals surface area contributed by atoms with Crippen molar-refractivity contribution in [2.24, 2.45) is 0 Å². The smallest absolute Gasteiger partial charge is 0.256 e. The summed E-state index contributed by atoms with van der Waals surface area (Å²) in [6, 6.07) is 10.9. The first-order valence-electron chi connectivity index (χ1n) is 9.46. The van der Waals surface area contributed by atoms with E-state index >= 15 is 0 Å². The molecule has 144 valence electrons. The third-order valence-electron chi connectivity index (χ3n) is 5.57. The van der Waals surface area contributed by atoms with Crippen LogP contribution >= 0.6 is 0 Å². The summed E-state index contributed by atoms with van der Waals surface area (Å²) >= 11 is 0. The summed E-state index contributed by atoms with van der Waals surface area (Å²) in [6.45, 7) is 3.82. The zero-order valence-corrected chi connectivity index (χ0v) is 16.3. The molecule has 0 radical (unpaired) electrons. The Labute approximate surface area is 164 Å². The maximum absolute atomic E-state index is 13.0. The molecule has 0 aliphatic carbocycles. The number of imide groups is 1. The fraction of sp³-hybridized carbons (Fsp3) is 0.318. The minimum atomic E-state index is -0.590. The van der Waals surface area contributed by atoms with Gasteiger partial charge < -0.3 is 10.2 Å². The van der Waals surface area contributed by atoms with Crippen LogP contribution in [0.3, 0.4) is 0 Å². The van der Waals surface area contributed by atoms with E-state index in [1.54, 1.807) is 11.9 Å². The summed E-state index contributed by atoms with van der Waals surface area (Å²) in [5.74, 6) is -0.315. The lowest BCUT2D eigenvalue weighted by atomic mass is 10.0. The SMILES string of the molecule is Cc1cccc(C)c1N1C(=O)CC(Nc2ccc3c(c2)CCC(=O)N3C)C1=O. The van der Waals surface area contributed by atoms with E-state index in [0.717, 1.165) is 28.1 Å². The summed E-state index contributed by atoms with van der Waals surface area (Å²) in [4.78, 5) is 40.4. The highest BCUT2D eigenvalue weighted by atomic mass is 16.2. The highest BCUT2D eigenvalue weighted by Gasteiger charge is 2.40. The third-order valence-corrected chi connectivity index (χ3v) is 5.57. The predicted molar refractivity (Wildman–Crippen MR) is 109 cm³/mol. The van der Waals surface area contributed by atoms with E-state index in [1.165, 1.54) is 4.90 Å². The number of nitrogens with zero attached hydrogens (tertiary/aromatic N) is 2. The molecule has 2 aliphatic rings. The Bertz CT molecular complexity index is 978. The molecule has 1 saturated heterocycles. The first kappa shape index (κ1) is 18.2. The lowest BCUT2D eigenvalue weighted by Gasteiger charge is -2.26. The normalized spacial score (nSPS) is 19.2. The Morgan fingerprint density at radius 1 is 0.964 bits per heavy atom. The van der Waals surface area contributed by atoms with E-state index < -0.39 is 6.04 Å². The van der Waals surface area contributed by atoms with E-state index in [9.17, 15) is 14.4 Å². The van der Waals surface area contributed by atoms with Crippen molar-refractivity contribution in [2.45, 2.75) is 39.2 Å². The van der Waals surface area contributed by atoms with Crippen LogP contribution in [0.5, 0.6) is 0 Å². The van der Waals surface area contributed by atoms with Gasteiger partial charge in [-0.15, -0.1) is 0 Å². The van der Waals surface area contributed by atoms with Crippen molar-refractivity contribution in [1.82, 2.24) is 0 Å². The van der Waals surface area contributed by atoms with Gasteiger partial charge in [-0.3, -0.25) is 14.4 Å². The zero-order valence-electron chi connectivity index (χ0n) is 16.3.